The molecule has 1 aliphatic heterocycles. The second kappa shape index (κ2) is 6.87. The van der Waals surface area contributed by atoms with Crippen molar-refractivity contribution in [3.8, 4) is 0 Å². The van der Waals surface area contributed by atoms with Gasteiger partial charge in [0.15, 0.2) is 0 Å². The lowest BCUT2D eigenvalue weighted by Gasteiger charge is -2.25. The molecule has 18 heavy (non-hydrogen) atoms. The van der Waals surface area contributed by atoms with Gasteiger partial charge in [0.2, 0.25) is 0 Å². The van der Waals surface area contributed by atoms with Gasteiger partial charge in [-0.3, -0.25) is 4.68 Å². The van der Waals surface area contributed by atoms with Crippen molar-refractivity contribution >= 4 is 0 Å². The van der Waals surface area contributed by atoms with Crippen LogP contribution in [0.15, 0.2) is 12.4 Å². The fourth-order valence-electron chi connectivity index (χ4n) is 2.10. The molecular formula is C13H23N3O2. The zero-order valence-corrected chi connectivity index (χ0v) is 11.3. The summed E-state index contributed by atoms with van der Waals surface area (Å²) in [4.78, 5) is 2.34. The minimum Gasteiger partial charge on any atom is -0.376 e. The molecule has 102 valence electrons. The van der Waals surface area contributed by atoms with Gasteiger partial charge < -0.3 is 14.4 Å². The second-order valence-electron chi connectivity index (χ2n) is 4.93. The normalized spacial score (nSPS) is 20.5. The summed E-state index contributed by atoms with van der Waals surface area (Å²) in [5, 5.41) is 4.18. The SMILES string of the molecule is CN(CCc1cnn(C)c1)CCC1COCCO1. The van der Waals surface area contributed by atoms with Crippen LogP contribution < -0.4 is 0 Å². The molecule has 5 nitrogen and oxygen atoms in total. The molecule has 2 rings (SSSR count). The highest BCUT2D eigenvalue weighted by Crippen LogP contribution is 2.06. The van der Waals surface area contributed by atoms with E-state index >= 15 is 0 Å². The Hall–Kier alpha value is -0.910. The lowest BCUT2D eigenvalue weighted by atomic mass is 10.2. The zero-order chi connectivity index (χ0) is 12.8. The van der Waals surface area contributed by atoms with Gasteiger partial charge >= 0.3 is 0 Å². The van der Waals surface area contributed by atoms with Crippen molar-refractivity contribution in [2.75, 3.05) is 40.0 Å². The Morgan fingerprint density at radius 3 is 3.00 bits per heavy atom. The molecule has 1 unspecified atom stereocenters. The van der Waals surface area contributed by atoms with Crippen molar-refractivity contribution < 1.29 is 9.47 Å². The van der Waals surface area contributed by atoms with E-state index in [1.165, 1.54) is 5.56 Å². The van der Waals surface area contributed by atoms with Crippen LogP contribution in [0.4, 0.5) is 0 Å². The molecule has 0 spiro atoms. The predicted molar refractivity (Wildman–Crippen MR) is 69.6 cm³/mol. The molecule has 0 amide bonds. The third kappa shape index (κ3) is 4.40. The second-order valence-corrected chi connectivity index (χ2v) is 4.93. The molecule has 1 aliphatic rings. The van der Waals surface area contributed by atoms with Crippen LogP contribution in [0.2, 0.25) is 0 Å². The predicted octanol–water partition coefficient (Wildman–Crippen LogP) is 0.700. The van der Waals surface area contributed by atoms with Gasteiger partial charge in [0.25, 0.3) is 0 Å². The van der Waals surface area contributed by atoms with Crippen molar-refractivity contribution in [2.45, 2.75) is 18.9 Å². The molecule has 2 heterocycles. The largest absolute Gasteiger partial charge is 0.376 e. The third-order valence-electron chi connectivity index (χ3n) is 3.26. The average molecular weight is 253 g/mol. The quantitative estimate of drug-likeness (QED) is 0.748. The lowest BCUT2D eigenvalue weighted by Crippen LogP contribution is -2.33. The van der Waals surface area contributed by atoms with Crippen molar-refractivity contribution in [2.24, 2.45) is 7.05 Å². The topological polar surface area (TPSA) is 39.5 Å². The lowest BCUT2D eigenvalue weighted by molar-refractivity contribution is -0.0922. The van der Waals surface area contributed by atoms with E-state index in [-0.39, 0.29) is 6.10 Å². The number of hydrogen-bond acceptors (Lipinski definition) is 4. The van der Waals surface area contributed by atoms with Gasteiger partial charge in [-0.25, -0.2) is 0 Å². The molecule has 0 radical (unpaired) electrons. The molecule has 0 aromatic carbocycles. The number of aromatic nitrogens is 2. The van der Waals surface area contributed by atoms with Crippen LogP contribution in [-0.2, 0) is 22.9 Å². The van der Waals surface area contributed by atoms with E-state index in [0.717, 1.165) is 45.8 Å². The Labute approximate surface area is 109 Å². The summed E-state index contributed by atoms with van der Waals surface area (Å²) >= 11 is 0. The first-order valence-electron chi connectivity index (χ1n) is 6.59. The average Bonchev–Trinajstić information content (AvgIpc) is 2.81. The number of hydrogen-bond donors (Lipinski definition) is 0. The van der Waals surface area contributed by atoms with Crippen molar-refractivity contribution in [3.05, 3.63) is 18.0 Å². The minimum absolute atomic E-state index is 0.277. The fraction of sp³-hybridized carbons (Fsp3) is 0.769. The van der Waals surface area contributed by atoms with Crippen LogP contribution >= 0.6 is 0 Å². The van der Waals surface area contributed by atoms with E-state index in [1.807, 2.05) is 17.9 Å². The molecule has 0 N–H and O–H groups in total. The maximum absolute atomic E-state index is 5.63. The molecule has 1 fully saturated rings. The van der Waals surface area contributed by atoms with Crippen LogP contribution in [0.1, 0.15) is 12.0 Å². The van der Waals surface area contributed by atoms with Gasteiger partial charge in [0, 0.05) is 26.3 Å². The third-order valence-corrected chi connectivity index (χ3v) is 3.26. The Kier molecular flexibility index (Phi) is 5.16. The van der Waals surface area contributed by atoms with Crippen LogP contribution in [0.25, 0.3) is 0 Å². The fourth-order valence-corrected chi connectivity index (χ4v) is 2.10. The Balaban J connectivity index is 1.61. The van der Waals surface area contributed by atoms with Gasteiger partial charge in [-0.2, -0.15) is 5.10 Å². The summed E-state index contributed by atoms with van der Waals surface area (Å²) in [6.45, 7) is 4.33. The molecular weight excluding hydrogens is 230 g/mol. The smallest absolute Gasteiger partial charge is 0.0821 e. The van der Waals surface area contributed by atoms with Gasteiger partial charge in [-0.05, 0) is 25.5 Å². The van der Waals surface area contributed by atoms with E-state index in [4.69, 9.17) is 9.47 Å². The highest BCUT2D eigenvalue weighted by Gasteiger charge is 2.14. The molecule has 5 heteroatoms. The summed E-state index contributed by atoms with van der Waals surface area (Å²) in [5.41, 5.74) is 1.29. The maximum atomic E-state index is 5.63. The van der Waals surface area contributed by atoms with Crippen molar-refractivity contribution in [3.63, 3.8) is 0 Å². The van der Waals surface area contributed by atoms with Crippen molar-refractivity contribution in [1.82, 2.24) is 14.7 Å². The van der Waals surface area contributed by atoms with Gasteiger partial charge in [0.05, 0.1) is 32.1 Å². The summed E-state index contributed by atoms with van der Waals surface area (Å²) in [6.07, 6.45) is 6.38. The van der Waals surface area contributed by atoms with Gasteiger partial charge in [0.1, 0.15) is 0 Å². The number of ether oxygens (including phenoxy) is 2. The summed E-state index contributed by atoms with van der Waals surface area (Å²) < 4.78 is 12.9. The number of nitrogens with zero attached hydrogens (tertiary/aromatic N) is 3. The van der Waals surface area contributed by atoms with Crippen LogP contribution in [0.3, 0.4) is 0 Å². The van der Waals surface area contributed by atoms with Crippen molar-refractivity contribution in [1.29, 1.82) is 0 Å². The molecule has 1 aromatic heterocycles. The Bertz CT molecular complexity index is 348. The maximum Gasteiger partial charge on any atom is 0.0821 e. The summed E-state index contributed by atoms with van der Waals surface area (Å²) in [5.74, 6) is 0. The molecule has 1 aromatic rings. The van der Waals surface area contributed by atoms with Gasteiger partial charge in [-0.15, -0.1) is 0 Å². The summed E-state index contributed by atoms with van der Waals surface area (Å²) in [6, 6.07) is 0. The Morgan fingerprint density at radius 1 is 1.44 bits per heavy atom. The first-order chi connectivity index (χ1) is 8.74. The highest BCUT2D eigenvalue weighted by molar-refractivity contribution is 5.03. The van der Waals surface area contributed by atoms with Crippen LogP contribution in [-0.4, -0.2) is 60.7 Å². The number of likely N-dealkylation sites (N-methyl/N-ethyl adjacent to an activating group) is 1. The van der Waals surface area contributed by atoms with E-state index in [1.54, 1.807) is 0 Å². The minimum atomic E-state index is 0.277. The monoisotopic (exact) mass is 253 g/mol. The summed E-state index contributed by atoms with van der Waals surface area (Å²) in [7, 11) is 4.10. The Morgan fingerprint density at radius 2 is 2.33 bits per heavy atom. The molecule has 0 saturated carbocycles. The molecule has 1 atom stereocenters. The van der Waals surface area contributed by atoms with E-state index in [0.29, 0.717) is 0 Å². The highest BCUT2D eigenvalue weighted by atomic mass is 16.6. The number of rotatable bonds is 6. The standard InChI is InChI=1S/C13H23N3O2/c1-15(5-3-12-9-14-16(2)10-12)6-4-13-11-17-7-8-18-13/h9-10,13H,3-8,11H2,1-2H3. The van der Waals surface area contributed by atoms with E-state index < -0.39 is 0 Å². The van der Waals surface area contributed by atoms with Crippen LogP contribution in [0.5, 0.6) is 0 Å². The molecule has 0 bridgehead atoms. The van der Waals surface area contributed by atoms with Crippen LogP contribution in [0, 0.1) is 0 Å². The first-order valence-corrected chi connectivity index (χ1v) is 6.59. The zero-order valence-electron chi connectivity index (χ0n) is 11.3. The molecule has 0 aliphatic carbocycles. The first kappa shape index (κ1) is 13.5. The molecule has 1 saturated heterocycles. The van der Waals surface area contributed by atoms with E-state index in [9.17, 15) is 0 Å². The van der Waals surface area contributed by atoms with E-state index in [2.05, 4.69) is 23.2 Å². The van der Waals surface area contributed by atoms with Gasteiger partial charge in [-0.1, -0.05) is 0 Å². The number of aryl methyl sites for hydroxylation is 1.